The average molecular weight is 330 g/mol. The van der Waals surface area contributed by atoms with Crippen molar-refractivity contribution in [3.63, 3.8) is 0 Å². The Morgan fingerprint density at radius 1 is 1.26 bits per heavy atom. The molecule has 7 nitrogen and oxygen atoms in total. The minimum atomic E-state index is -0.482. The van der Waals surface area contributed by atoms with E-state index in [-0.39, 0.29) is 21.7 Å². The minimum absolute atomic E-state index is 0.0347. The molecule has 0 aliphatic carbocycles. The number of hydrogen-bond acceptors (Lipinski definition) is 6. The maximum atomic E-state index is 11.8. The number of thioether (sulfide) groups is 1. The van der Waals surface area contributed by atoms with Gasteiger partial charge >= 0.3 is 0 Å². The molecule has 1 aliphatic heterocycles. The van der Waals surface area contributed by atoms with E-state index in [1.54, 1.807) is 24.3 Å². The number of likely N-dealkylation sites (N-methyl/N-ethyl adjacent to an activating group) is 1. The molecular weight excluding hydrogens is 320 g/mol. The van der Waals surface area contributed by atoms with Gasteiger partial charge in [-0.25, -0.2) is 0 Å². The fourth-order valence-electron chi connectivity index (χ4n) is 2.03. The van der Waals surface area contributed by atoms with E-state index in [1.165, 1.54) is 25.3 Å². The fraction of sp³-hybridized carbons (Fsp3) is 0.0667. The molecule has 3 rings (SSSR count). The molecule has 23 heavy (non-hydrogen) atoms. The Morgan fingerprint density at radius 3 is 2.70 bits per heavy atom. The van der Waals surface area contributed by atoms with Gasteiger partial charge in [-0.1, -0.05) is 12.1 Å². The third kappa shape index (κ3) is 2.88. The van der Waals surface area contributed by atoms with Crippen molar-refractivity contribution >= 4 is 34.7 Å². The molecule has 0 bridgehead atoms. The Labute approximate surface area is 134 Å². The van der Waals surface area contributed by atoms with Crippen LogP contribution in [-0.2, 0) is 4.79 Å². The van der Waals surface area contributed by atoms with Gasteiger partial charge in [0.1, 0.15) is 11.5 Å². The van der Waals surface area contributed by atoms with Crippen molar-refractivity contribution in [2.75, 3.05) is 7.05 Å². The molecule has 2 heterocycles. The average Bonchev–Trinajstić information content (AvgIpc) is 3.09. The first-order chi connectivity index (χ1) is 11.0. The molecule has 2 aromatic rings. The lowest BCUT2D eigenvalue weighted by Crippen LogP contribution is -2.22. The highest BCUT2D eigenvalue weighted by Crippen LogP contribution is 2.32. The number of carbonyl (C=O) groups excluding carboxylic acids is 2. The van der Waals surface area contributed by atoms with Crippen molar-refractivity contribution in [3.8, 4) is 11.3 Å². The molecule has 8 heteroatoms. The first-order valence-corrected chi connectivity index (χ1v) is 7.33. The summed E-state index contributed by atoms with van der Waals surface area (Å²) in [6, 6.07) is 9.35. The number of furan rings is 1. The minimum Gasteiger partial charge on any atom is -0.457 e. The summed E-state index contributed by atoms with van der Waals surface area (Å²) in [5, 5.41) is 10.5. The number of amides is 2. The van der Waals surface area contributed by atoms with Gasteiger partial charge in [0, 0.05) is 30.8 Å². The molecule has 2 amide bonds. The first kappa shape index (κ1) is 15.0. The summed E-state index contributed by atoms with van der Waals surface area (Å²) in [5.74, 6) is 0.453. The molecule has 0 unspecified atom stereocenters. The van der Waals surface area contributed by atoms with Gasteiger partial charge in [-0.2, -0.15) is 0 Å². The maximum absolute atomic E-state index is 11.8. The van der Waals surface area contributed by atoms with Crippen LogP contribution in [-0.4, -0.2) is 28.0 Å². The number of rotatable bonds is 3. The molecule has 116 valence electrons. The van der Waals surface area contributed by atoms with Crippen molar-refractivity contribution in [3.05, 3.63) is 57.2 Å². The van der Waals surface area contributed by atoms with E-state index in [0.717, 1.165) is 16.7 Å². The molecule has 1 aromatic heterocycles. The molecule has 0 saturated carbocycles. The Balaban J connectivity index is 1.90. The summed E-state index contributed by atoms with van der Waals surface area (Å²) in [4.78, 5) is 34.9. The number of non-ortho nitro benzene ring substituents is 1. The quantitative estimate of drug-likeness (QED) is 0.485. The van der Waals surface area contributed by atoms with Crippen molar-refractivity contribution < 1.29 is 18.9 Å². The van der Waals surface area contributed by atoms with Crippen LogP contribution < -0.4 is 0 Å². The molecule has 1 saturated heterocycles. The highest BCUT2D eigenvalue weighted by Gasteiger charge is 2.32. The smallest absolute Gasteiger partial charge is 0.293 e. The standard InChI is InChI=1S/C15H10N2O5S/c1-16-14(18)13(23-15(16)19)8-11-5-6-12(22-11)9-3-2-4-10(7-9)17(20)21/h2-8H,1H3/b13-8-. The van der Waals surface area contributed by atoms with Crippen LogP contribution in [0.3, 0.4) is 0 Å². The van der Waals surface area contributed by atoms with Gasteiger partial charge in [0.15, 0.2) is 0 Å². The second kappa shape index (κ2) is 5.73. The lowest BCUT2D eigenvalue weighted by Gasteiger charge is -2.00. The SMILES string of the molecule is CN1C(=O)S/C(=C\c2ccc(-c3cccc([N+](=O)[O-])c3)o2)C1=O. The van der Waals surface area contributed by atoms with E-state index in [4.69, 9.17) is 4.42 Å². The zero-order chi connectivity index (χ0) is 16.6. The van der Waals surface area contributed by atoms with Crippen LogP contribution in [0.25, 0.3) is 17.4 Å². The van der Waals surface area contributed by atoms with Crippen LogP contribution in [0.5, 0.6) is 0 Å². The van der Waals surface area contributed by atoms with Crippen LogP contribution in [0.1, 0.15) is 5.76 Å². The largest absolute Gasteiger partial charge is 0.457 e. The van der Waals surface area contributed by atoms with Crippen LogP contribution in [0.15, 0.2) is 45.7 Å². The number of nitrogens with zero attached hydrogens (tertiary/aromatic N) is 2. The third-order valence-corrected chi connectivity index (χ3v) is 4.19. The zero-order valence-electron chi connectivity index (χ0n) is 11.9. The van der Waals surface area contributed by atoms with Gasteiger partial charge < -0.3 is 4.42 Å². The Morgan fingerprint density at radius 2 is 2.04 bits per heavy atom. The summed E-state index contributed by atoms with van der Waals surface area (Å²) in [5.41, 5.74) is 0.523. The number of nitro benzene ring substituents is 1. The maximum Gasteiger partial charge on any atom is 0.293 e. The molecule has 0 radical (unpaired) electrons. The lowest BCUT2D eigenvalue weighted by molar-refractivity contribution is -0.384. The van der Waals surface area contributed by atoms with E-state index >= 15 is 0 Å². The van der Waals surface area contributed by atoms with Gasteiger partial charge in [0.25, 0.3) is 16.8 Å². The van der Waals surface area contributed by atoms with Crippen molar-refractivity contribution in [2.24, 2.45) is 0 Å². The highest BCUT2D eigenvalue weighted by molar-refractivity contribution is 8.18. The van der Waals surface area contributed by atoms with Crippen molar-refractivity contribution in [2.45, 2.75) is 0 Å². The Hall–Kier alpha value is -2.87. The van der Waals surface area contributed by atoms with Crippen molar-refractivity contribution in [1.29, 1.82) is 0 Å². The Bertz CT molecular complexity index is 855. The second-order valence-corrected chi connectivity index (χ2v) is 5.74. The lowest BCUT2D eigenvalue weighted by atomic mass is 10.1. The van der Waals surface area contributed by atoms with E-state index in [0.29, 0.717) is 17.1 Å². The molecule has 1 aromatic carbocycles. The molecule has 0 N–H and O–H groups in total. The van der Waals surface area contributed by atoms with E-state index < -0.39 is 4.92 Å². The number of nitro groups is 1. The predicted molar refractivity (Wildman–Crippen MR) is 84.5 cm³/mol. The van der Waals surface area contributed by atoms with Crippen LogP contribution >= 0.6 is 11.8 Å². The monoisotopic (exact) mass is 330 g/mol. The summed E-state index contributed by atoms with van der Waals surface area (Å²) in [6.45, 7) is 0. The van der Waals surface area contributed by atoms with E-state index in [1.807, 2.05) is 0 Å². The number of carbonyl (C=O) groups is 2. The number of imide groups is 1. The molecule has 1 aliphatic rings. The second-order valence-electron chi connectivity index (χ2n) is 4.75. The van der Waals surface area contributed by atoms with E-state index in [2.05, 4.69) is 0 Å². The van der Waals surface area contributed by atoms with Gasteiger partial charge in [-0.05, 0) is 23.9 Å². The summed E-state index contributed by atoms with van der Waals surface area (Å²) in [6.07, 6.45) is 1.48. The highest BCUT2D eigenvalue weighted by atomic mass is 32.2. The molecular formula is C15H10N2O5S. The summed E-state index contributed by atoms with van der Waals surface area (Å²) in [7, 11) is 1.41. The zero-order valence-corrected chi connectivity index (χ0v) is 12.7. The number of benzene rings is 1. The van der Waals surface area contributed by atoms with Crippen LogP contribution in [0, 0.1) is 10.1 Å². The van der Waals surface area contributed by atoms with Gasteiger partial charge in [0.2, 0.25) is 0 Å². The van der Waals surface area contributed by atoms with Gasteiger partial charge in [0.05, 0.1) is 9.83 Å². The Kier molecular flexibility index (Phi) is 3.75. The topological polar surface area (TPSA) is 93.7 Å². The van der Waals surface area contributed by atoms with Gasteiger partial charge in [-0.3, -0.25) is 24.6 Å². The van der Waals surface area contributed by atoms with Crippen LogP contribution in [0.2, 0.25) is 0 Å². The van der Waals surface area contributed by atoms with Crippen molar-refractivity contribution in [1.82, 2.24) is 4.90 Å². The summed E-state index contributed by atoms with van der Waals surface area (Å²) >= 11 is 0.837. The van der Waals surface area contributed by atoms with Gasteiger partial charge in [-0.15, -0.1) is 0 Å². The fourth-order valence-corrected chi connectivity index (χ4v) is 2.84. The van der Waals surface area contributed by atoms with Crippen LogP contribution in [0.4, 0.5) is 10.5 Å². The van der Waals surface area contributed by atoms with E-state index in [9.17, 15) is 19.7 Å². The molecule has 0 atom stereocenters. The predicted octanol–water partition coefficient (Wildman–Crippen LogP) is 3.52. The third-order valence-electron chi connectivity index (χ3n) is 3.23. The number of hydrogen-bond donors (Lipinski definition) is 0. The molecule has 1 fully saturated rings. The summed E-state index contributed by atoms with van der Waals surface area (Å²) < 4.78 is 5.59. The normalized spacial score (nSPS) is 16.4. The molecule has 0 spiro atoms. The first-order valence-electron chi connectivity index (χ1n) is 6.52.